The molecule has 6 nitrogen and oxygen atoms in total. The van der Waals surface area contributed by atoms with Gasteiger partial charge in [0.15, 0.2) is 0 Å². The van der Waals surface area contributed by atoms with Crippen molar-refractivity contribution in [2.75, 3.05) is 25.6 Å². The molecule has 0 fully saturated rings. The Morgan fingerprint density at radius 1 is 1.00 bits per heavy atom. The molecule has 2 rings (SSSR count). The number of carbonyl (C=O) groups is 1. The lowest BCUT2D eigenvalue weighted by Gasteiger charge is -2.19. The second-order valence-corrected chi connectivity index (χ2v) is 8.96. The van der Waals surface area contributed by atoms with Crippen LogP contribution in [-0.4, -0.2) is 34.6 Å². The summed E-state index contributed by atoms with van der Waals surface area (Å²) in [5.74, 6) is -0.296. The van der Waals surface area contributed by atoms with Crippen LogP contribution in [0.4, 0.5) is 5.69 Å². The third-order valence-electron chi connectivity index (χ3n) is 4.03. The lowest BCUT2D eigenvalue weighted by Crippen LogP contribution is -2.27. The Morgan fingerprint density at radius 2 is 1.59 bits per heavy atom. The van der Waals surface area contributed by atoms with Gasteiger partial charge >= 0.3 is 0 Å². The maximum absolute atomic E-state index is 12.4. The van der Waals surface area contributed by atoms with E-state index in [9.17, 15) is 13.2 Å². The van der Waals surface area contributed by atoms with Crippen LogP contribution in [0, 0.1) is 0 Å². The van der Waals surface area contributed by atoms with Gasteiger partial charge in [-0.3, -0.25) is 4.79 Å². The first-order valence-electron chi connectivity index (χ1n) is 8.64. The summed E-state index contributed by atoms with van der Waals surface area (Å²) in [6, 6.07) is 13.5. The van der Waals surface area contributed by atoms with Crippen LogP contribution in [0.2, 0.25) is 0 Å². The fourth-order valence-electron chi connectivity index (χ4n) is 2.40. The Kier molecular flexibility index (Phi) is 6.75. The van der Waals surface area contributed by atoms with Crippen LogP contribution in [0.15, 0.2) is 53.4 Å². The van der Waals surface area contributed by atoms with E-state index >= 15 is 0 Å². The van der Waals surface area contributed by atoms with Crippen molar-refractivity contribution in [3.63, 3.8) is 0 Å². The average molecular weight is 391 g/mol. The predicted octanol–water partition coefficient (Wildman–Crippen LogP) is 3.16. The molecular formula is C20H26N2O4S. The molecule has 0 aliphatic carbocycles. The molecule has 0 bridgehead atoms. The molecule has 2 aromatic rings. The Bertz CT molecular complexity index is 868. The van der Waals surface area contributed by atoms with Crippen LogP contribution in [0.25, 0.3) is 0 Å². The van der Waals surface area contributed by atoms with Crippen LogP contribution in [0.3, 0.4) is 0 Å². The molecule has 0 unspecified atom stereocenters. The number of carbonyl (C=O) groups excluding carboxylic acids is 1. The van der Waals surface area contributed by atoms with Gasteiger partial charge in [-0.1, -0.05) is 32.9 Å². The number of amides is 1. The molecule has 2 aromatic carbocycles. The van der Waals surface area contributed by atoms with Crippen molar-refractivity contribution in [2.45, 2.75) is 31.1 Å². The molecular weight excluding hydrogens is 364 g/mol. The third-order valence-corrected chi connectivity index (χ3v) is 5.51. The van der Waals surface area contributed by atoms with E-state index in [1.165, 1.54) is 36.9 Å². The topological polar surface area (TPSA) is 84.5 Å². The Hall–Kier alpha value is -2.22. The number of sulfonamides is 1. The van der Waals surface area contributed by atoms with Crippen LogP contribution in [-0.2, 0) is 20.2 Å². The first-order valence-corrected chi connectivity index (χ1v) is 10.1. The number of nitrogens with one attached hydrogen (secondary N) is 2. The molecule has 0 saturated carbocycles. The summed E-state index contributed by atoms with van der Waals surface area (Å²) in [5, 5.41) is 2.82. The van der Waals surface area contributed by atoms with Crippen LogP contribution >= 0.6 is 0 Å². The summed E-state index contributed by atoms with van der Waals surface area (Å²) in [5.41, 5.74) is 2.29. The van der Waals surface area contributed by atoms with Crippen molar-refractivity contribution >= 4 is 21.6 Å². The number of anilines is 1. The largest absolute Gasteiger partial charge is 0.383 e. The SMILES string of the molecule is COCCNS(=O)(=O)c1ccc(C(=O)Nc2ccc(C(C)(C)C)cc2)cc1. The van der Waals surface area contributed by atoms with Crippen LogP contribution in [0.1, 0.15) is 36.7 Å². The van der Waals surface area contributed by atoms with Crippen molar-refractivity contribution in [1.29, 1.82) is 0 Å². The maximum atomic E-state index is 12.4. The highest BCUT2D eigenvalue weighted by Gasteiger charge is 2.15. The molecule has 0 saturated heterocycles. The van der Waals surface area contributed by atoms with Crippen LogP contribution in [0.5, 0.6) is 0 Å². The fourth-order valence-corrected chi connectivity index (χ4v) is 3.42. The van der Waals surface area contributed by atoms with Gasteiger partial charge in [0.2, 0.25) is 10.0 Å². The second kappa shape index (κ2) is 8.65. The quantitative estimate of drug-likeness (QED) is 0.711. The first-order chi connectivity index (χ1) is 12.6. The number of hydrogen-bond donors (Lipinski definition) is 2. The highest BCUT2D eigenvalue weighted by molar-refractivity contribution is 7.89. The van der Waals surface area contributed by atoms with Gasteiger partial charge in [-0.05, 0) is 47.4 Å². The van der Waals surface area contributed by atoms with E-state index in [1.54, 1.807) is 0 Å². The average Bonchev–Trinajstić information content (AvgIpc) is 2.61. The van der Waals surface area contributed by atoms with E-state index in [1.807, 2.05) is 24.3 Å². The van der Waals surface area contributed by atoms with E-state index < -0.39 is 10.0 Å². The number of methoxy groups -OCH3 is 1. The fraction of sp³-hybridized carbons (Fsp3) is 0.350. The monoisotopic (exact) mass is 390 g/mol. The lowest BCUT2D eigenvalue weighted by atomic mass is 9.87. The minimum absolute atomic E-state index is 0.0428. The molecule has 27 heavy (non-hydrogen) atoms. The van der Waals surface area contributed by atoms with E-state index in [0.717, 1.165) is 0 Å². The summed E-state index contributed by atoms with van der Waals surface area (Å²) >= 11 is 0. The van der Waals surface area contributed by atoms with Gasteiger partial charge in [0, 0.05) is 24.9 Å². The third kappa shape index (κ3) is 5.89. The molecule has 0 spiro atoms. The maximum Gasteiger partial charge on any atom is 0.255 e. The zero-order valence-electron chi connectivity index (χ0n) is 16.1. The van der Waals surface area contributed by atoms with E-state index in [-0.39, 0.29) is 29.4 Å². The molecule has 0 radical (unpaired) electrons. The van der Waals surface area contributed by atoms with Crippen molar-refractivity contribution in [3.8, 4) is 0 Å². The second-order valence-electron chi connectivity index (χ2n) is 7.20. The number of benzene rings is 2. The first kappa shape index (κ1) is 21.1. The smallest absolute Gasteiger partial charge is 0.255 e. The van der Waals surface area contributed by atoms with Gasteiger partial charge < -0.3 is 10.1 Å². The zero-order chi connectivity index (χ0) is 20.1. The van der Waals surface area contributed by atoms with Gasteiger partial charge in [-0.25, -0.2) is 13.1 Å². The molecule has 7 heteroatoms. The van der Waals surface area contributed by atoms with E-state index in [2.05, 4.69) is 30.8 Å². The number of ether oxygens (including phenoxy) is 1. The summed E-state index contributed by atoms with van der Waals surface area (Å²) in [6.07, 6.45) is 0. The summed E-state index contributed by atoms with van der Waals surface area (Å²) < 4.78 is 31.5. The summed E-state index contributed by atoms with van der Waals surface area (Å²) in [4.78, 5) is 12.5. The molecule has 1 amide bonds. The molecule has 2 N–H and O–H groups in total. The Balaban J connectivity index is 2.05. The van der Waals surface area contributed by atoms with Gasteiger partial charge in [0.25, 0.3) is 5.91 Å². The Labute approximate surface area is 161 Å². The van der Waals surface area contributed by atoms with E-state index in [4.69, 9.17) is 4.74 Å². The molecule has 0 aliphatic rings. The van der Waals surface area contributed by atoms with Crippen molar-refractivity contribution in [1.82, 2.24) is 4.72 Å². The molecule has 0 heterocycles. The van der Waals surface area contributed by atoms with Gasteiger partial charge in [-0.15, -0.1) is 0 Å². The predicted molar refractivity (Wildman–Crippen MR) is 107 cm³/mol. The van der Waals surface area contributed by atoms with Crippen molar-refractivity contribution in [2.24, 2.45) is 0 Å². The molecule has 0 atom stereocenters. The van der Waals surface area contributed by atoms with Crippen molar-refractivity contribution < 1.29 is 17.9 Å². The van der Waals surface area contributed by atoms with Gasteiger partial charge in [-0.2, -0.15) is 0 Å². The van der Waals surface area contributed by atoms with Crippen molar-refractivity contribution in [3.05, 3.63) is 59.7 Å². The minimum atomic E-state index is -3.61. The van der Waals surface area contributed by atoms with Gasteiger partial charge in [0.1, 0.15) is 0 Å². The number of rotatable bonds is 7. The standard InChI is InChI=1S/C20H26N2O4S/c1-20(2,3)16-7-9-17(10-8-16)22-19(23)15-5-11-18(12-6-15)27(24,25)21-13-14-26-4/h5-12,21H,13-14H2,1-4H3,(H,22,23). The highest BCUT2D eigenvalue weighted by Crippen LogP contribution is 2.23. The van der Waals surface area contributed by atoms with Gasteiger partial charge in [0.05, 0.1) is 11.5 Å². The summed E-state index contributed by atoms with van der Waals surface area (Å²) in [7, 11) is -2.12. The van der Waals surface area contributed by atoms with Crippen LogP contribution < -0.4 is 10.0 Å². The lowest BCUT2D eigenvalue weighted by molar-refractivity contribution is 0.102. The normalized spacial score (nSPS) is 12.0. The Morgan fingerprint density at radius 3 is 2.11 bits per heavy atom. The number of hydrogen-bond acceptors (Lipinski definition) is 4. The highest BCUT2D eigenvalue weighted by atomic mass is 32.2. The minimum Gasteiger partial charge on any atom is -0.383 e. The van der Waals surface area contributed by atoms with E-state index in [0.29, 0.717) is 11.3 Å². The summed E-state index contributed by atoms with van der Waals surface area (Å²) in [6.45, 7) is 6.85. The molecule has 0 aliphatic heterocycles. The molecule has 146 valence electrons. The molecule has 0 aromatic heterocycles. The zero-order valence-corrected chi connectivity index (χ0v) is 16.9.